The molecule has 3 aromatic rings. The van der Waals surface area contributed by atoms with E-state index in [2.05, 4.69) is 15.7 Å². The first-order chi connectivity index (χ1) is 14.5. The van der Waals surface area contributed by atoms with Crippen LogP contribution in [0.3, 0.4) is 0 Å². The molecule has 4 N–H and O–H groups in total. The highest BCUT2D eigenvalue weighted by Gasteiger charge is 2.34. The van der Waals surface area contributed by atoms with Crippen LogP contribution in [0.1, 0.15) is 31.8 Å². The van der Waals surface area contributed by atoms with Gasteiger partial charge in [0.05, 0.1) is 11.8 Å². The lowest BCUT2D eigenvalue weighted by Crippen LogP contribution is -2.16. The molecule has 0 atom stereocenters. The van der Waals surface area contributed by atoms with E-state index in [1.54, 1.807) is 20.0 Å². The number of rotatable bonds is 4. The number of nitrogens with one attached hydrogen (secondary N) is 2. The Morgan fingerprint density at radius 3 is 2.39 bits per heavy atom. The van der Waals surface area contributed by atoms with Gasteiger partial charge in [0.2, 0.25) is 0 Å². The van der Waals surface area contributed by atoms with Crippen molar-refractivity contribution in [2.45, 2.75) is 13.1 Å². The number of aromatic nitrogens is 2. The Balaban J connectivity index is 1.81. The molecule has 0 spiro atoms. The average Bonchev–Trinajstić information content (AvgIpc) is 3.02. The predicted molar refractivity (Wildman–Crippen MR) is 106 cm³/mol. The Morgan fingerprint density at radius 1 is 1.06 bits per heavy atom. The first kappa shape index (κ1) is 21.8. The topological polar surface area (TPSA) is 102 Å². The van der Waals surface area contributed by atoms with Crippen LogP contribution in [-0.4, -0.2) is 21.6 Å². The van der Waals surface area contributed by atoms with Crippen LogP contribution in [0.25, 0.3) is 0 Å². The zero-order valence-electron chi connectivity index (χ0n) is 16.3. The summed E-state index contributed by atoms with van der Waals surface area (Å²) in [5.74, 6) is -2.70. The number of hydrogen-bond donors (Lipinski definition) is 3. The normalized spacial score (nSPS) is 11.3. The monoisotopic (exact) mass is 435 g/mol. The van der Waals surface area contributed by atoms with Gasteiger partial charge in [-0.05, 0) is 42.8 Å². The maximum absolute atomic E-state index is 13.4. The molecule has 1 heterocycles. The minimum absolute atomic E-state index is 0.155. The van der Waals surface area contributed by atoms with Crippen molar-refractivity contribution in [1.82, 2.24) is 9.78 Å². The zero-order valence-corrected chi connectivity index (χ0v) is 16.3. The van der Waals surface area contributed by atoms with Crippen molar-refractivity contribution >= 4 is 29.0 Å². The number of carbonyl (C=O) groups excluding carboxylic acids is 2. The van der Waals surface area contributed by atoms with Crippen LogP contribution in [0.5, 0.6) is 0 Å². The van der Waals surface area contributed by atoms with Crippen molar-refractivity contribution in [1.29, 1.82) is 0 Å². The van der Waals surface area contributed by atoms with E-state index in [1.165, 1.54) is 23.0 Å². The third-order valence-electron chi connectivity index (χ3n) is 4.51. The maximum Gasteiger partial charge on any atom is 0.419 e. The molecule has 11 heteroatoms. The van der Waals surface area contributed by atoms with Gasteiger partial charge in [-0.3, -0.25) is 14.3 Å². The van der Waals surface area contributed by atoms with E-state index < -0.39 is 29.4 Å². The molecule has 0 bridgehead atoms. The van der Waals surface area contributed by atoms with E-state index in [4.69, 9.17) is 5.73 Å². The summed E-state index contributed by atoms with van der Waals surface area (Å²) in [4.78, 5) is 24.8. The summed E-state index contributed by atoms with van der Waals surface area (Å²) in [6.07, 6.45) is -3.63. The molecule has 0 aliphatic rings. The van der Waals surface area contributed by atoms with Gasteiger partial charge >= 0.3 is 6.18 Å². The Labute approximate surface area is 173 Å². The van der Waals surface area contributed by atoms with E-state index in [0.717, 1.165) is 6.07 Å². The minimum Gasteiger partial charge on any atom is -0.383 e. The zero-order chi connectivity index (χ0) is 22.9. The van der Waals surface area contributed by atoms with Crippen molar-refractivity contribution in [3.8, 4) is 0 Å². The number of benzene rings is 2. The van der Waals surface area contributed by atoms with Crippen LogP contribution in [0.4, 0.5) is 34.8 Å². The summed E-state index contributed by atoms with van der Waals surface area (Å²) in [7, 11) is 1.58. The molecule has 0 aliphatic carbocycles. The van der Waals surface area contributed by atoms with Gasteiger partial charge in [0.15, 0.2) is 0 Å². The molecule has 1 aromatic heterocycles. The Morgan fingerprint density at radius 2 is 1.77 bits per heavy atom. The second kappa shape index (κ2) is 8.09. The van der Waals surface area contributed by atoms with Crippen LogP contribution in [0, 0.1) is 12.7 Å². The van der Waals surface area contributed by atoms with Crippen LogP contribution < -0.4 is 16.4 Å². The number of nitrogen functional groups attached to an aromatic ring is 1. The third-order valence-corrected chi connectivity index (χ3v) is 4.51. The summed E-state index contributed by atoms with van der Waals surface area (Å²) in [5, 5.41) is 8.97. The van der Waals surface area contributed by atoms with Gasteiger partial charge < -0.3 is 16.4 Å². The Hall–Kier alpha value is -3.89. The smallest absolute Gasteiger partial charge is 0.383 e. The molecule has 0 aliphatic heterocycles. The SMILES string of the molecule is Cc1ccc(NC(=O)c2ccc(F)c(C(F)(F)F)c2)cc1NC(=O)c1cnn(C)c1N. The number of hydrogen-bond acceptors (Lipinski definition) is 4. The van der Waals surface area contributed by atoms with Crippen molar-refractivity contribution in [3.63, 3.8) is 0 Å². The standard InChI is InChI=1S/C20H17F4N5O2/c1-10-3-5-12(8-16(10)28-19(31)13-9-26-29(2)17(13)25)27-18(30)11-4-6-15(21)14(7-11)20(22,23)24/h3-9H,25H2,1-2H3,(H,27,30)(H,28,31). The van der Waals surface area contributed by atoms with Gasteiger partial charge in [0, 0.05) is 24.0 Å². The molecule has 7 nitrogen and oxygen atoms in total. The third kappa shape index (κ3) is 4.65. The first-order valence-electron chi connectivity index (χ1n) is 8.85. The summed E-state index contributed by atoms with van der Waals surface area (Å²) in [6, 6.07) is 6.51. The van der Waals surface area contributed by atoms with Gasteiger partial charge in [-0.2, -0.15) is 18.3 Å². The molecule has 0 saturated carbocycles. The molecule has 0 radical (unpaired) electrons. The Kier molecular flexibility index (Phi) is 5.69. The molecule has 3 rings (SSSR count). The minimum atomic E-state index is -4.93. The molecular formula is C20H17F4N5O2. The highest BCUT2D eigenvalue weighted by molar-refractivity contribution is 6.08. The molecule has 0 fully saturated rings. The second-order valence-corrected chi connectivity index (χ2v) is 6.70. The number of nitrogens with two attached hydrogens (primary N) is 1. The fourth-order valence-corrected chi connectivity index (χ4v) is 2.73. The van der Waals surface area contributed by atoms with E-state index in [9.17, 15) is 27.2 Å². The van der Waals surface area contributed by atoms with Crippen molar-refractivity contribution in [2.24, 2.45) is 7.05 Å². The van der Waals surface area contributed by atoms with Gasteiger partial charge in [0.25, 0.3) is 11.8 Å². The second-order valence-electron chi connectivity index (χ2n) is 6.70. The van der Waals surface area contributed by atoms with Gasteiger partial charge in [-0.15, -0.1) is 0 Å². The van der Waals surface area contributed by atoms with Crippen molar-refractivity contribution in [3.05, 3.63) is 70.7 Å². The molecule has 162 valence electrons. The number of nitrogens with zero attached hydrogens (tertiary/aromatic N) is 2. The number of halogens is 4. The maximum atomic E-state index is 13.4. The van der Waals surface area contributed by atoms with Crippen molar-refractivity contribution < 1.29 is 27.2 Å². The number of amides is 2. The number of alkyl halides is 3. The van der Waals surface area contributed by atoms with Gasteiger partial charge in [-0.25, -0.2) is 4.39 Å². The average molecular weight is 435 g/mol. The molecule has 2 aromatic carbocycles. The quantitative estimate of drug-likeness (QED) is 0.540. The fourth-order valence-electron chi connectivity index (χ4n) is 2.73. The predicted octanol–water partition coefficient (Wildman–Crippen LogP) is 3.97. The van der Waals surface area contributed by atoms with Gasteiger partial charge in [0.1, 0.15) is 17.2 Å². The summed E-state index contributed by atoms with van der Waals surface area (Å²) in [6.45, 7) is 1.71. The molecule has 31 heavy (non-hydrogen) atoms. The molecule has 0 saturated heterocycles. The van der Waals surface area contributed by atoms with Crippen molar-refractivity contribution in [2.75, 3.05) is 16.4 Å². The van der Waals surface area contributed by atoms with Crippen LogP contribution in [0.15, 0.2) is 42.6 Å². The summed E-state index contributed by atoms with van der Waals surface area (Å²) in [5.41, 5.74) is 5.25. The van der Waals surface area contributed by atoms with E-state index in [-0.39, 0.29) is 22.6 Å². The van der Waals surface area contributed by atoms with E-state index in [1.807, 2.05) is 0 Å². The lowest BCUT2D eigenvalue weighted by molar-refractivity contribution is -0.140. The van der Waals surface area contributed by atoms with Gasteiger partial charge in [-0.1, -0.05) is 6.07 Å². The largest absolute Gasteiger partial charge is 0.419 e. The summed E-state index contributed by atoms with van der Waals surface area (Å²) < 4.78 is 53.4. The fraction of sp³-hybridized carbons (Fsp3) is 0.150. The molecule has 2 amide bonds. The number of carbonyl (C=O) groups is 2. The first-order valence-corrected chi connectivity index (χ1v) is 8.85. The number of aryl methyl sites for hydroxylation is 2. The van der Waals surface area contributed by atoms with E-state index >= 15 is 0 Å². The number of anilines is 3. The highest BCUT2D eigenvalue weighted by Crippen LogP contribution is 2.32. The van der Waals surface area contributed by atoms with Crippen LogP contribution in [-0.2, 0) is 13.2 Å². The highest BCUT2D eigenvalue weighted by atomic mass is 19.4. The lowest BCUT2D eigenvalue weighted by atomic mass is 10.1. The molecule has 0 unspecified atom stereocenters. The van der Waals surface area contributed by atoms with Crippen LogP contribution >= 0.6 is 0 Å². The van der Waals surface area contributed by atoms with Crippen LogP contribution in [0.2, 0.25) is 0 Å². The van der Waals surface area contributed by atoms with E-state index in [0.29, 0.717) is 23.4 Å². The Bertz CT molecular complexity index is 1170. The summed E-state index contributed by atoms with van der Waals surface area (Å²) >= 11 is 0. The molecular weight excluding hydrogens is 418 g/mol. The lowest BCUT2D eigenvalue weighted by Gasteiger charge is -2.13.